The SMILES string of the molecule is CC(=O)NC1(C2SC=CN2COC(N)=O)C=C(C(=O)O)N2C(=O)C(N)[C@H]2S1. The largest absolute Gasteiger partial charge is 0.477 e. The standard InChI is InChI=1S/C14H17N5O6S2/c1-6(20)17-14(12-18(2-3-26-12)5-25-13(16)24)4-7(11(22)23)19-9(21)8(15)10(19)27-14/h2-4,8,10,12H,5,15H2,1H3,(H2,16,24)(H,17,20)(H,22,23)/t8?,10-,12?,14?/m1/s1. The summed E-state index contributed by atoms with van der Waals surface area (Å²) < 4.78 is 4.82. The maximum absolute atomic E-state index is 12.0. The lowest BCUT2D eigenvalue weighted by atomic mass is 10.0. The second-order valence-corrected chi connectivity index (χ2v) is 8.32. The number of nitrogens with zero attached hydrogens (tertiary/aromatic N) is 2. The molecule has 0 saturated carbocycles. The van der Waals surface area contributed by atoms with Gasteiger partial charge in [-0.2, -0.15) is 0 Å². The molecule has 13 heteroatoms. The second-order valence-electron chi connectivity index (χ2n) is 5.93. The van der Waals surface area contributed by atoms with Crippen molar-refractivity contribution in [2.45, 2.75) is 28.6 Å². The molecule has 1 fully saturated rings. The molecule has 3 aliphatic rings. The van der Waals surface area contributed by atoms with E-state index < -0.39 is 45.5 Å². The number of thioether (sulfide) groups is 2. The third-order valence-electron chi connectivity index (χ3n) is 4.09. The van der Waals surface area contributed by atoms with Crippen molar-refractivity contribution in [1.29, 1.82) is 0 Å². The summed E-state index contributed by atoms with van der Waals surface area (Å²) in [6.07, 6.45) is 1.99. The van der Waals surface area contributed by atoms with Gasteiger partial charge < -0.3 is 31.5 Å². The Morgan fingerprint density at radius 3 is 2.74 bits per heavy atom. The van der Waals surface area contributed by atoms with E-state index in [0.29, 0.717) is 0 Å². The number of amides is 3. The summed E-state index contributed by atoms with van der Waals surface area (Å²) in [4.78, 5) is 48.0. The Morgan fingerprint density at radius 1 is 1.44 bits per heavy atom. The number of nitrogens with two attached hydrogens (primary N) is 2. The number of carboxylic acids is 1. The first kappa shape index (κ1) is 19.4. The van der Waals surface area contributed by atoms with Gasteiger partial charge in [0.15, 0.2) is 6.73 Å². The van der Waals surface area contributed by atoms with Crippen molar-refractivity contribution in [2.75, 3.05) is 6.73 Å². The first-order valence-corrected chi connectivity index (χ1v) is 9.50. The molecule has 3 amide bonds. The van der Waals surface area contributed by atoms with Gasteiger partial charge in [-0.05, 0) is 11.5 Å². The lowest BCUT2D eigenvalue weighted by molar-refractivity contribution is -0.148. The molecular weight excluding hydrogens is 398 g/mol. The van der Waals surface area contributed by atoms with E-state index in [1.54, 1.807) is 16.5 Å². The molecule has 0 aromatic heterocycles. The van der Waals surface area contributed by atoms with Gasteiger partial charge in [-0.15, -0.1) is 11.8 Å². The highest BCUT2D eigenvalue weighted by Crippen LogP contribution is 2.50. The number of carbonyl (C=O) groups is 4. The molecule has 4 atom stereocenters. The highest BCUT2D eigenvalue weighted by molar-refractivity contribution is 8.06. The highest BCUT2D eigenvalue weighted by atomic mass is 32.2. The van der Waals surface area contributed by atoms with Gasteiger partial charge in [0.1, 0.15) is 27.4 Å². The van der Waals surface area contributed by atoms with E-state index in [0.717, 1.165) is 16.7 Å². The molecule has 3 heterocycles. The van der Waals surface area contributed by atoms with Gasteiger partial charge >= 0.3 is 12.1 Å². The fourth-order valence-electron chi connectivity index (χ4n) is 3.01. The van der Waals surface area contributed by atoms with Crippen molar-refractivity contribution in [3.8, 4) is 0 Å². The van der Waals surface area contributed by atoms with Gasteiger partial charge in [0.2, 0.25) is 11.8 Å². The maximum Gasteiger partial charge on any atom is 0.406 e. The molecule has 0 radical (unpaired) electrons. The van der Waals surface area contributed by atoms with Gasteiger partial charge in [0, 0.05) is 13.1 Å². The van der Waals surface area contributed by atoms with Crippen LogP contribution in [0.25, 0.3) is 0 Å². The van der Waals surface area contributed by atoms with Crippen LogP contribution in [0.2, 0.25) is 0 Å². The molecule has 0 bridgehead atoms. The molecule has 0 aliphatic carbocycles. The zero-order valence-corrected chi connectivity index (χ0v) is 15.7. The molecule has 146 valence electrons. The van der Waals surface area contributed by atoms with Gasteiger partial charge in [-0.1, -0.05) is 11.8 Å². The van der Waals surface area contributed by atoms with Crippen molar-refractivity contribution in [2.24, 2.45) is 11.5 Å². The van der Waals surface area contributed by atoms with Crippen LogP contribution >= 0.6 is 23.5 Å². The van der Waals surface area contributed by atoms with E-state index in [4.69, 9.17) is 16.2 Å². The Hall–Kier alpha value is -2.38. The van der Waals surface area contributed by atoms with Crippen LogP contribution in [-0.4, -0.2) is 67.2 Å². The van der Waals surface area contributed by atoms with E-state index in [2.05, 4.69) is 5.32 Å². The minimum absolute atomic E-state index is 0.193. The van der Waals surface area contributed by atoms with Crippen LogP contribution in [0, 0.1) is 0 Å². The molecule has 3 rings (SSSR count). The summed E-state index contributed by atoms with van der Waals surface area (Å²) >= 11 is 2.45. The van der Waals surface area contributed by atoms with Crippen LogP contribution in [0.15, 0.2) is 23.4 Å². The van der Waals surface area contributed by atoms with E-state index >= 15 is 0 Å². The van der Waals surface area contributed by atoms with Crippen molar-refractivity contribution >= 4 is 47.4 Å². The number of fused-ring (bicyclic) bond motifs is 1. The van der Waals surface area contributed by atoms with Crippen molar-refractivity contribution in [3.63, 3.8) is 0 Å². The van der Waals surface area contributed by atoms with Gasteiger partial charge in [-0.3, -0.25) is 14.5 Å². The molecular formula is C14H17N5O6S2. The molecule has 3 unspecified atom stereocenters. The molecule has 0 aromatic rings. The zero-order valence-electron chi connectivity index (χ0n) is 14.0. The number of β-lactam (4-membered cyclic amide) rings is 1. The number of aliphatic carboxylic acids is 1. The summed E-state index contributed by atoms with van der Waals surface area (Å²) in [7, 11) is 0. The number of nitrogens with one attached hydrogen (secondary N) is 1. The molecule has 6 N–H and O–H groups in total. The summed E-state index contributed by atoms with van der Waals surface area (Å²) in [6.45, 7) is 1.10. The first-order chi connectivity index (χ1) is 12.7. The number of carbonyl (C=O) groups excluding carboxylic acids is 3. The van der Waals surface area contributed by atoms with Crippen molar-refractivity contribution in [1.82, 2.24) is 15.1 Å². The molecule has 0 aromatic carbocycles. The lowest BCUT2D eigenvalue weighted by Crippen LogP contribution is -2.72. The number of primary amides is 1. The van der Waals surface area contributed by atoms with E-state index in [-0.39, 0.29) is 12.4 Å². The Balaban J connectivity index is 2.00. The lowest BCUT2D eigenvalue weighted by Gasteiger charge is -2.54. The molecule has 3 aliphatic heterocycles. The Labute approximate surface area is 162 Å². The summed E-state index contributed by atoms with van der Waals surface area (Å²) in [5.41, 5.74) is 10.6. The monoisotopic (exact) mass is 415 g/mol. The topological polar surface area (TPSA) is 168 Å². The Bertz CT molecular complexity index is 773. The predicted octanol–water partition coefficient (Wildman–Crippen LogP) is -1.07. The summed E-state index contributed by atoms with van der Waals surface area (Å²) in [6, 6.07) is -0.888. The number of hydrogen-bond acceptors (Lipinski definition) is 9. The quantitative estimate of drug-likeness (QED) is 0.406. The van der Waals surface area contributed by atoms with Crippen molar-refractivity contribution in [3.05, 3.63) is 23.4 Å². The predicted molar refractivity (Wildman–Crippen MR) is 96.4 cm³/mol. The number of hydrogen-bond donors (Lipinski definition) is 4. The average Bonchev–Trinajstić information content (AvgIpc) is 3.07. The van der Waals surface area contributed by atoms with Crippen LogP contribution in [-0.2, 0) is 19.1 Å². The minimum atomic E-state index is -1.31. The average molecular weight is 415 g/mol. The molecule has 27 heavy (non-hydrogen) atoms. The zero-order chi connectivity index (χ0) is 19.9. The third-order valence-corrected chi connectivity index (χ3v) is 6.99. The van der Waals surface area contributed by atoms with Gasteiger partial charge in [-0.25, -0.2) is 9.59 Å². The minimum Gasteiger partial charge on any atom is -0.477 e. The normalized spacial score (nSPS) is 31.7. The number of carboxylic acid groups (broad SMARTS) is 1. The van der Waals surface area contributed by atoms with Gasteiger partial charge in [0.05, 0.1) is 0 Å². The van der Waals surface area contributed by atoms with E-state index in [9.17, 15) is 24.3 Å². The molecule has 11 nitrogen and oxygen atoms in total. The fraction of sp³-hybridized carbons (Fsp3) is 0.429. The molecule has 0 spiro atoms. The first-order valence-electron chi connectivity index (χ1n) is 7.68. The van der Waals surface area contributed by atoms with Crippen LogP contribution in [0.5, 0.6) is 0 Å². The smallest absolute Gasteiger partial charge is 0.406 e. The Kier molecular flexibility index (Phi) is 5.01. The second kappa shape index (κ2) is 6.98. The molecule has 1 saturated heterocycles. The van der Waals surface area contributed by atoms with E-state index in [1.807, 2.05) is 0 Å². The number of rotatable bonds is 5. The Morgan fingerprint density at radius 2 is 2.15 bits per heavy atom. The van der Waals surface area contributed by atoms with Crippen molar-refractivity contribution < 1.29 is 29.0 Å². The number of ether oxygens (including phenoxy) is 1. The van der Waals surface area contributed by atoms with Crippen LogP contribution in [0.4, 0.5) is 4.79 Å². The van der Waals surface area contributed by atoms with Crippen LogP contribution < -0.4 is 16.8 Å². The van der Waals surface area contributed by atoms with Gasteiger partial charge in [0.25, 0.3) is 0 Å². The van der Waals surface area contributed by atoms with Crippen LogP contribution in [0.1, 0.15) is 6.92 Å². The van der Waals surface area contributed by atoms with Crippen LogP contribution in [0.3, 0.4) is 0 Å². The summed E-state index contributed by atoms with van der Waals surface area (Å²) in [5.74, 6) is -2.21. The third kappa shape index (κ3) is 3.33. The summed E-state index contributed by atoms with van der Waals surface area (Å²) in [5, 5.41) is 12.8. The van der Waals surface area contributed by atoms with E-state index in [1.165, 1.54) is 24.8 Å². The maximum atomic E-state index is 12.0. The highest BCUT2D eigenvalue weighted by Gasteiger charge is 2.59. The fourth-order valence-corrected chi connectivity index (χ4v) is 5.96.